The van der Waals surface area contributed by atoms with Crippen LogP contribution in [0.4, 0.5) is 0 Å². The number of nitrogens with zero attached hydrogens (tertiary/aromatic N) is 1. The number of carbonyl (C=O) groups excluding carboxylic acids is 1. The van der Waals surface area contributed by atoms with Gasteiger partial charge >= 0.3 is 0 Å². The zero-order chi connectivity index (χ0) is 12.4. The third-order valence-electron chi connectivity index (χ3n) is 4.42. The van der Waals surface area contributed by atoms with Crippen LogP contribution >= 0.6 is 0 Å². The predicted molar refractivity (Wildman–Crippen MR) is 68.5 cm³/mol. The van der Waals surface area contributed by atoms with Crippen LogP contribution in [-0.4, -0.2) is 42.5 Å². The lowest BCUT2D eigenvalue weighted by Gasteiger charge is -2.24. The Morgan fingerprint density at radius 2 is 2.24 bits per heavy atom. The molecule has 1 saturated carbocycles. The highest BCUT2D eigenvalue weighted by Gasteiger charge is 2.43. The first-order valence-corrected chi connectivity index (χ1v) is 6.90. The molecule has 2 fully saturated rings. The Kier molecular flexibility index (Phi) is 4.05. The fraction of sp³-hybridized carbons (Fsp3) is 0.923. The van der Waals surface area contributed by atoms with Crippen molar-refractivity contribution in [3.8, 4) is 0 Å². The Morgan fingerprint density at radius 1 is 1.47 bits per heavy atom. The maximum atomic E-state index is 11.9. The van der Waals surface area contributed by atoms with E-state index in [-0.39, 0.29) is 11.9 Å². The van der Waals surface area contributed by atoms with E-state index in [4.69, 9.17) is 5.73 Å². The molecule has 1 amide bonds. The number of nitrogens with one attached hydrogen (secondary N) is 1. The molecular weight excluding hydrogens is 214 g/mol. The zero-order valence-electron chi connectivity index (χ0n) is 11.0. The van der Waals surface area contributed by atoms with E-state index < -0.39 is 0 Å². The van der Waals surface area contributed by atoms with Crippen molar-refractivity contribution in [1.29, 1.82) is 0 Å². The summed E-state index contributed by atoms with van der Waals surface area (Å²) >= 11 is 0. The molecule has 1 aliphatic carbocycles. The van der Waals surface area contributed by atoms with Crippen LogP contribution in [0, 0.1) is 11.8 Å². The molecule has 1 aliphatic heterocycles. The summed E-state index contributed by atoms with van der Waals surface area (Å²) in [6.45, 7) is 6.93. The SMILES string of the molecule is CCCNC(=O)C(C)N1CC2CCC(N)C2C1. The van der Waals surface area contributed by atoms with Gasteiger partial charge in [-0.1, -0.05) is 6.92 Å². The van der Waals surface area contributed by atoms with Crippen molar-refractivity contribution in [2.24, 2.45) is 17.6 Å². The summed E-state index contributed by atoms with van der Waals surface area (Å²) in [5.74, 6) is 1.52. The maximum absolute atomic E-state index is 11.9. The van der Waals surface area contributed by atoms with Crippen molar-refractivity contribution in [2.75, 3.05) is 19.6 Å². The number of nitrogens with two attached hydrogens (primary N) is 1. The van der Waals surface area contributed by atoms with E-state index in [1.165, 1.54) is 12.8 Å². The molecule has 0 aromatic carbocycles. The second-order valence-electron chi connectivity index (χ2n) is 5.59. The number of amides is 1. The van der Waals surface area contributed by atoms with Gasteiger partial charge in [0.1, 0.15) is 0 Å². The van der Waals surface area contributed by atoms with Crippen molar-refractivity contribution in [3.63, 3.8) is 0 Å². The van der Waals surface area contributed by atoms with Gasteiger partial charge in [-0.05, 0) is 38.0 Å². The molecule has 0 spiro atoms. The summed E-state index contributed by atoms with van der Waals surface area (Å²) < 4.78 is 0. The maximum Gasteiger partial charge on any atom is 0.237 e. The largest absolute Gasteiger partial charge is 0.355 e. The normalized spacial score (nSPS) is 34.6. The van der Waals surface area contributed by atoms with Crippen molar-refractivity contribution >= 4 is 5.91 Å². The highest BCUT2D eigenvalue weighted by molar-refractivity contribution is 5.81. The molecule has 4 nitrogen and oxygen atoms in total. The highest BCUT2D eigenvalue weighted by atomic mass is 16.2. The van der Waals surface area contributed by atoms with Crippen LogP contribution in [0.25, 0.3) is 0 Å². The van der Waals surface area contributed by atoms with Gasteiger partial charge in [-0.3, -0.25) is 9.69 Å². The average molecular weight is 239 g/mol. The standard InChI is InChI=1S/C13H25N3O/c1-3-6-15-13(17)9(2)16-7-10-4-5-12(14)11(10)8-16/h9-12H,3-8,14H2,1-2H3,(H,15,17). The number of carbonyl (C=O) groups is 1. The van der Waals surface area contributed by atoms with E-state index >= 15 is 0 Å². The molecule has 2 rings (SSSR count). The Balaban J connectivity index is 1.85. The van der Waals surface area contributed by atoms with E-state index in [0.29, 0.717) is 12.0 Å². The summed E-state index contributed by atoms with van der Waals surface area (Å²) in [5, 5.41) is 2.97. The Morgan fingerprint density at radius 3 is 2.88 bits per heavy atom. The van der Waals surface area contributed by atoms with Crippen LogP contribution in [0.2, 0.25) is 0 Å². The van der Waals surface area contributed by atoms with Crippen molar-refractivity contribution in [3.05, 3.63) is 0 Å². The fourth-order valence-electron chi connectivity index (χ4n) is 3.22. The Bertz CT molecular complexity index is 282. The molecule has 17 heavy (non-hydrogen) atoms. The van der Waals surface area contributed by atoms with Gasteiger partial charge in [0.25, 0.3) is 0 Å². The molecule has 4 unspecified atom stereocenters. The molecule has 98 valence electrons. The van der Waals surface area contributed by atoms with Crippen molar-refractivity contribution in [1.82, 2.24) is 10.2 Å². The second-order valence-corrected chi connectivity index (χ2v) is 5.59. The molecule has 0 aromatic rings. The third-order valence-corrected chi connectivity index (χ3v) is 4.42. The van der Waals surface area contributed by atoms with E-state index in [2.05, 4.69) is 17.1 Å². The quantitative estimate of drug-likeness (QED) is 0.754. The minimum atomic E-state index is -0.000602. The first-order valence-electron chi connectivity index (χ1n) is 6.90. The van der Waals surface area contributed by atoms with Crippen LogP contribution in [-0.2, 0) is 4.79 Å². The number of hydrogen-bond donors (Lipinski definition) is 2. The molecule has 1 saturated heterocycles. The van der Waals surface area contributed by atoms with Crippen LogP contribution < -0.4 is 11.1 Å². The van der Waals surface area contributed by atoms with Crippen LogP contribution in [0.5, 0.6) is 0 Å². The smallest absolute Gasteiger partial charge is 0.237 e. The predicted octanol–water partition coefficient (Wildman–Crippen LogP) is 0.570. The lowest BCUT2D eigenvalue weighted by Crippen LogP contribution is -2.45. The summed E-state index contributed by atoms with van der Waals surface area (Å²) in [7, 11) is 0. The summed E-state index contributed by atoms with van der Waals surface area (Å²) in [6.07, 6.45) is 3.40. The Hall–Kier alpha value is -0.610. The number of hydrogen-bond acceptors (Lipinski definition) is 3. The van der Waals surface area contributed by atoms with Crippen LogP contribution in [0.1, 0.15) is 33.1 Å². The average Bonchev–Trinajstić information content (AvgIpc) is 2.88. The van der Waals surface area contributed by atoms with E-state index in [9.17, 15) is 4.79 Å². The summed E-state index contributed by atoms with van der Waals surface area (Å²) in [6, 6.07) is 0.357. The van der Waals surface area contributed by atoms with Gasteiger partial charge in [0, 0.05) is 25.7 Å². The molecular formula is C13H25N3O. The van der Waals surface area contributed by atoms with Crippen molar-refractivity contribution < 1.29 is 4.79 Å². The van der Waals surface area contributed by atoms with Gasteiger partial charge in [-0.15, -0.1) is 0 Å². The third kappa shape index (κ3) is 2.63. The number of fused-ring (bicyclic) bond motifs is 1. The molecule has 0 bridgehead atoms. The lowest BCUT2D eigenvalue weighted by molar-refractivity contribution is -0.125. The van der Waals surface area contributed by atoms with Crippen molar-refractivity contribution in [2.45, 2.75) is 45.2 Å². The second kappa shape index (κ2) is 5.36. The topological polar surface area (TPSA) is 58.4 Å². The van der Waals surface area contributed by atoms with E-state index in [0.717, 1.165) is 32.0 Å². The number of rotatable bonds is 4. The summed E-state index contributed by atoms with van der Waals surface area (Å²) in [4.78, 5) is 14.2. The van der Waals surface area contributed by atoms with E-state index in [1.54, 1.807) is 0 Å². The van der Waals surface area contributed by atoms with Gasteiger partial charge in [0.2, 0.25) is 5.91 Å². The van der Waals surface area contributed by atoms with Gasteiger partial charge < -0.3 is 11.1 Å². The zero-order valence-corrected chi connectivity index (χ0v) is 11.0. The lowest BCUT2D eigenvalue weighted by atomic mass is 9.98. The minimum Gasteiger partial charge on any atom is -0.355 e. The first kappa shape index (κ1) is 12.8. The highest BCUT2D eigenvalue weighted by Crippen LogP contribution is 2.37. The molecule has 4 heteroatoms. The van der Waals surface area contributed by atoms with E-state index in [1.807, 2.05) is 6.92 Å². The van der Waals surface area contributed by atoms with Gasteiger partial charge in [0.15, 0.2) is 0 Å². The first-order chi connectivity index (χ1) is 8.13. The minimum absolute atomic E-state index is 0.000602. The van der Waals surface area contributed by atoms with Gasteiger partial charge in [-0.25, -0.2) is 0 Å². The van der Waals surface area contributed by atoms with Gasteiger partial charge in [-0.2, -0.15) is 0 Å². The summed E-state index contributed by atoms with van der Waals surface area (Å²) in [5.41, 5.74) is 6.11. The van der Waals surface area contributed by atoms with Gasteiger partial charge in [0.05, 0.1) is 6.04 Å². The molecule has 4 atom stereocenters. The van der Waals surface area contributed by atoms with Crippen LogP contribution in [0.3, 0.4) is 0 Å². The molecule has 3 N–H and O–H groups in total. The monoisotopic (exact) mass is 239 g/mol. The molecule has 1 heterocycles. The van der Waals surface area contributed by atoms with Crippen LogP contribution in [0.15, 0.2) is 0 Å². The fourth-order valence-corrected chi connectivity index (χ4v) is 3.22. The molecule has 0 radical (unpaired) electrons. The molecule has 2 aliphatic rings. The number of likely N-dealkylation sites (tertiary alicyclic amines) is 1. The Labute approximate surface area is 104 Å². The molecule has 0 aromatic heterocycles.